The number of ketones is 1. The van der Waals surface area contributed by atoms with Crippen LogP contribution in [0.5, 0.6) is 5.75 Å². The number of carbonyl (C=O) groups excluding carboxylic acids is 1. The zero-order chi connectivity index (χ0) is 24.4. The Morgan fingerprint density at radius 1 is 1.11 bits per heavy atom. The molecule has 3 atom stereocenters. The van der Waals surface area contributed by atoms with Crippen LogP contribution in [-0.2, 0) is 31.1 Å². The summed E-state index contributed by atoms with van der Waals surface area (Å²) < 4.78 is 0. The van der Waals surface area contributed by atoms with Crippen LogP contribution in [0.15, 0.2) is 59.4 Å². The van der Waals surface area contributed by atoms with Crippen LogP contribution in [0.2, 0.25) is 0 Å². The number of hydrogen-bond acceptors (Lipinski definition) is 5. The van der Waals surface area contributed by atoms with Gasteiger partial charge in [0.05, 0.1) is 11.2 Å². The lowest BCUT2D eigenvalue weighted by atomic mass is 9.49. The molecule has 0 unspecified atom stereocenters. The lowest BCUT2D eigenvalue weighted by Crippen LogP contribution is -2.74. The number of aromatic hydroxyl groups is 1. The zero-order valence-corrected chi connectivity index (χ0v) is 19.9. The van der Waals surface area contributed by atoms with Gasteiger partial charge >= 0.3 is 0 Å². The zero-order valence-electron chi connectivity index (χ0n) is 19.9. The molecule has 1 aliphatic heterocycles. The Balaban J connectivity index is 1.46. The van der Waals surface area contributed by atoms with Crippen molar-refractivity contribution in [3.63, 3.8) is 0 Å². The van der Waals surface area contributed by atoms with Gasteiger partial charge in [0.1, 0.15) is 5.75 Å². The number of phenols is 1. The number of likely N-dealkylation sites (tertiary alicyclic amines) is 1. The predicted octanol–water partition coefficient (Wildman–Crippen LogP) is 2.92. The Kier molecular flexibility index (Phi) is 5.02. The molecule has 1 fully saturated rings. The molecule has 1 aromatic heterocycles. The van der Waals surface area contributed by atoms with Gasteiger partial charge in [-0.15, -0.1) is 0 Å². The van der Waals surface area contributed by atoms with Crippen LogP contribution in [0, 0.1) is 0 Å². The minimum atomic E-state index is -1.08. The Hall–Kier alpha value is -3.22. The number of nitrogens with one attached hydrogen (secondary N) is 1. The van der Waals surface area contributed by atoms with E-state index in [2.05, 4.69) is 34.1 Å². The van der Waals surface area contributed by atoms with E-state index in [1.807, 2.05) is 18.2 Å². The molecule has 6 rings (SSSR count). The first-order valence-corrected chi connectivity index (χ1v) is 12.4. The standard InChI is InChI=1S/C29H30N2O4/c1-18(32)23-13-21-16-29(35)26-14-20-7-8-22(33)15-24(20)28(29,17-25(21)30-27(23)34)10-12-31(26)11-9-19-5-3-2-4-6-19/h2-8,13,15,26,33,35H,9-12,14,16-17H2,1H3,(H,30,34)/t26-,28-,29-/m1/s1. The number of rotatable bonds is 4. The molecule has 2 bridgehead atoms. The van der Waals surface area contributed by atoms with E-state index in [4.69, 9.17) is 0 Å². The second-order valence-corrected chi connectivity index (χ2v) is 10.5. The number of aliphatic hydroxyl groups is 1. The predicted molar refractivity (Wildman–Crippen MR) is 133 cm³/mol. The van der Waals surface area contributed by atoms with Crippen LogP contribution in [0.3, 0.4) is 0 Å². The second-order valence-electron chi connectivity index (χ2n) is 10.5. The summed E-state index contributed by atoms with van der Waals surface area (Å²) in [5.74, 6) is -0.0819. The number of piperidine rings is 1. The SMILES string of the molecule is CC(=O)c1cc2c([nH]c1=O)C[C@]13CCN(CCc4ccccc4)[C@H](Cc4ccc(O)cc41)[C@]3(O)C2. The average molecular weight is 471 g/mol. The first-order valence-electron chi connectivity index (χ1n) is 12.4. The van der Waals surface area contributed by atoms with Crippen LogP contribution in [0.25, 0.3) is 0 Å². The second kappa shape index (κ2) is 7.90. The quantitative estimate of drug-likeness (QED) is 0.510. The fraction of sp³-hybridized carbons (Fsp3) is 0.379. The summed E-state index contributed by atoms with van der Waals surface area (Å²) in [4.78, 5) is 30.1. The third kappa shape index (κ3) is 3.31. The maximum atomic E-state index is 12.6. The molecule has 6 heteroatoms. The van der Waals surface area contributed by atoms with Gasteiger partial charge in [-0.1, -0.05) is 36.4 Å². The lowest BCUT2D eigenvalue weighted by molar-refractivity contribution is -0.151. The van der Waals surface area contributed by atoms with Crippen molar-refractivity contribution < 1.29 is 15.0 Å². The van der Waals surface area contributed by atoms with E-state index in [0.29, 0.717) is 19.3 Å². The number of aromatic nitrogens is 1. The van der Waals surface area contributed by atoms with Crippen molar-refractivity contribution in [1.82, 2.24) is 9.88 Å². The molecule has 0 radical (unpaired) electrons. The van der Waals surface area contributed by atoms with E-state index < -0.39 is 11.0 Å². The van der Waals surface area contributed by atoms with Crippen LogP contribution >= 0.6 is 0 Å². The number of phenolic OH excluding ortho intramolecular Hbond substituents is 1. The average Bonchev–Trinajstić information content (AvgIpc) is 2.83. The highest BCUT2D eigenvalue weighted by Crippen LogP contribution is 2.57. The molecule has 0 amide bonds. The molecule has 0 saturated carbocycles. The van der Waals surface area contributed by atoms with Crippen molar-refractivity contribution >= 4 is 5.78 Å². The van der Waals surface area contributed by atoms with Gasteiger partial charge in [0.2, 0.25) is 0 Å². The van der Waals surface area contributed by atoms with Gasteiger partial charge in [-0.05, 0) is 73.2 Å². The van der Waals surface area contributed by atoms with Crippen molar-refractivity contribution in [3.8, 4) is 5.75 Å². The summed E-state index contributed by atoms with van der Waals surface area (Å²) >= 11 is 0. The fourth-order valence-electron chi connectivity index (χ4n) is 6.98. The summed E-state index contributed by atoms with van der Waals surface area (Å²) in [7, 11) is 0. The van der Waals surface area contributed by atoms with E-state index in [0.717, 1.165) is 48.3 Å². The molecule has 2 aliphatic carbocycles. The number of aromatic amines is 1. The topological polar surface area (TPSA) is 93.6 Å². The van der Waals surface area contributed by atoms with E-state index in [9.17, 15) is 19.8 Å². The highest BCUT2D eigenvalue weighted by atomic mass is 16.3. The summed E-state index contributed by atoms with van der Waals surface area (Å²) in [5.41, 5.74) is 3.11. The van der Waals surface area contributed by atoms with E-state index in [-0.39, 0.29) is 28.7 Å². The number of benzene rings is 2. The van der Waals surface area contributed by atoms with Gasteiger partial charge in [-0.2, -0.15) is 0 Å². The van der Waals surface area contributed by atoms with Crippen LogP contribution in [0.1, 0.15) is 51.7 Å². The largest absolute Gasteiger partial charge is 0.508 e. The van der Waals surface area contributed by atoms with Gasteiger partial charge in [0.25, 0.3) is 5.56 Å². The van der Waals surface area contributed by atoms with Crippen molar-refractivity contribution in [2.45, 2.75) is 56.1 Å². The number of nitrogens with zero attached hydrogens (tertiary/aromatic N) is 1. The van der Waals surface area contributed by atoms with Gasteiger partial charge in [-0.3, -0.25) is 14.5 Å². The number of fused-ring (bicyclic) bond motifs is 2. The number of H-pyrrole nitrogens is 1. The van der Waals surface area contributed by atoms with Gasteiger partial charge < -0.3 is 15.2 Å². The van der Waals surface area contributed by atoms with Crippen LogP contribution in [-0.4, -0.2) is 50.6 Å². The normalized spacial score (nSPS) is 27.0. The molecule has 2 heterocycles. The van der Waals surface area contributed by atoms with Gasteiger partial charge in [0.15, 0.2) is 5.78 Å². The molecule has 0 spiro atoms. The number of pyridine rings is 1. The Bertz CT molecular complexity index is 1380. The molecule has 180 valence electrons. The third-order valence-electron chi connectivity index (χ3n) is 8.73. The summed E-state index contributed by atoms with van der Waals surface area (Å²) in [6.45, 7) is 3.08. The molecular weight excluding hydrogens is 440 g/mol. The molecule has 3 aromatic rings. The first kappa shape index (κ1) is 22.3. The van der Waals surface area contributed by atoms with Crippen molar-refractivity contribution in [2.75, 3.05) is 13.1 Å². The van der Waals surface area contributed by atoms with E-state index >= 15 is 0 Å². The number of hydrogen-bond donors (Lipinski definition) is 3. The van der Waals surface area contributed by atoms with Crippen molar-refractivity contribution in [2.24, 2.45) is 0 Å². The fourth-order valence-corrected chi connectivity index (χ4v) is 6.98. The molecule has 35 heavy (non-hydrogen) atoms. The number of Topliss-reactive ketones (excluding diaryl/α,β-unsaturated/α-hetero) is 1. The van der Waals surface area contributed by atoms with Crippen molar-refractivity contribution in [3.05, 3.63) is 98.5 Å². The van der Waals surface area contributed by atoms with Crippen molar-refractivity contribution in [1.29, 1.82) is 0 Å². The minimum absolute atomic E-state index is 0.0992. The lowest BCUT2D eigenvalue weighted by Gasteiger charge is -2.63. The third-order valence-corrected chi connectivity index (χ3v) is 8.73. The van der Waals surface area contributed by atoms with E-state index in [1.165, 1.54) is 12.5 Å². The summed E-state index contributed by atoms with van der Waals surface area (Å²) in [6, 6.07) is 17.5. The van der Waals surface area contributed by atoms with Crippen LogP contribution in [0.4, 0.5) is 0 Å². The Labute approximate surface area is 204 Å². The van der Waals surface area contributed by atoms with Gasteiger partial charge in [-0.25, -0.2) is 0 Å². The highest BCUT2D eigenvalue weighted by molar-refractivity contribution is 5.93. The highest BCUT2D eigenvalue weighted by Gasteiger charge is 2.64. The Morgan fingerprint density at radius 2 is 1.91 bits per heavy atom. The maximum Gasteiger partial charge on any atom is 0.259 e. The van der Waals surface area contributed by atoms with Gasteiger partial charge in [0, 0.05) is 36.5 Å². The van der Waals surface area contributed by atoms with Crippen LogP contribution < -0.4 is 5.56 Å². The molecule has 1 saturated heterocycles. The summed E-state index contributed by atoms with van der Waals surface area (Å²) in [6.07, 6.45) is 3.16. The molecule has 2 aromatic carbocycles. The monoisotopic (exact) mass is 470 g/mol. The smallest absolute Gasteiger partial charge is 0.259 e. The summed E-state index contributed by atoms with van der Waals surface area (Å²) in [5, 5.41) is 23.0. The Morgan fingerprint density at radius 3 is 2.69 bits per heavy atom. The molecule has 3 N–H and O–H groups in total. The number of carbonyl (C=O) groups is 1. The molecule has 6 nitrogen and oxygen atoms in total. The van der Waals surface area contributed by atoms with E-state index in [1.54, 1.807) is 12.1 Å². The molecular formula is C29H30N2O4. The maximum absolute atomic E-state index is 12.6. The minimum Gasteiger partial charge on any atom is -0.508 e. The first-order chi connectivity index (χ1) is 16.8. The molecule has 3 aliphatic rings.